The lowest BCUT2D eigenvalue weighted by molar-refractivity contribution is -0.149. The summed E-state index contributed by atoms with van der Waals surface area (Å²) in [6.45, 7) is 10.8. The lowest BCUT2D eigenvalue weighted by atomic mass is 9.87. The van der Waals surface area contributed by atoms with E-state index in [0.29, 0.717) is 6.61 Å². The molecule has 0 spiro atoms. The van der Waals surface area contributed by atoms with Gasteiger partial charge in [0.15, 0.2) is 0 Å². The number of benzene rings is 1. The Kier molecular flexibility index (Phi) is 4.94. The Morgan fingerprint density at radius 1 is 1.22 bits per heavy atom. The van der Waals surface area contributed by atoms with Crippen LogP contribution in [-0.2, 0) is 21.6 Å². The third kappa shape index (κ3) is 4.17. The molecule has 1 atom stereocenters. The van der Waals surface area contributed by atoms with Crippen molar-refractivity contribution in [1.82, 2.24) is 0 Å². The van der Waals surface area contributed by atoms with E-state index in [-0.39, 0.29) is 17.3 Å². The first-order valence-electron chi connectivity index (χ1n) is 6.60. The van der Waals surface area contributed by atoms with E-state index >= 15 is 0 Å². The summed E-state index contributed by atoms with van der Waals surface area (Å²) in [6, 6.07) is 8.27. The molecule has 100 valence electrons. The van der Waals surface area contributed by atoms with Gasteiger partial charge in [-0.25, -0.2) is 0 Å². The Bertz CT molecular complexity index is 385. The highest BCUT2D eigenvalue weighted by Crippen LogP contribution is 2.22. The van der Waals surface area contributed by atoms with E-state index in [0.717, 1.165) is 12.0 Å². The Morgan fingerprint density at radius 2 is 1.78 bits per heavy atom. The van der Waals surface area contributed by atoms with Crippen molar-refractivity contribution in [3.63, 3.8) is 0 Å². The Labute approximate surface area is 110 Å². The lowest BCUT2D eigenvalue weighted by Crippen LogP contribution is -2.14. The van der Waals surface area contributed by atoms with Crippen LogP contribution in [-0.4, -0.2) is 5.97 Å². The summed E-state index contributed by atoms with van der Waals surface area (Å²) in [6.07, 6.45) is 0.821. The number of carbonyl (C=O) groups is 1. The molecule has 0 heterocycles. The molecule has 1 aromatic rings. The summed E-state index contributed by atoms with van der Waals surface area (Å²) in [5.41, 5.74) is 2.49. The van der Waals surface area contributed by atoms with E-state index in [2.05, 4.69) is 32.9 Å². The van der Waals surface area contributed by atoms with Gasteiger partial charge in [0.25, 0.3) is 0 Å². The van der Waals surface area contributed by atoms with Crippen molar-refractivity contribution in [2.75, 3.05) is 0 Å². The minimum absolute atomic E-state index is 0.0150. The fraction of sp³-hybridized carbons (Fsp3) is 0.562. The second-order valence-corrected chi connectivity index (χ2v) is 5.86. The summed E-state index contributed by atoms with van der Waals surface area (Å²) in [5, 5.41) is 0. The SMILES string of the molecule is CCC(C)C(=O)OCc1ccc(C(C)(C)C)cc1. The highest BCUT2D eigenvalue weighted by atomic mass is 16.5. The van der Waals surface area contributed by atoms with E-state index in [1.165, 1.54) is 5.56 Å². The molecule has 0 saturated carbocycles. The maximum absolute atomic E-state index is 11.6. The van der Waals surface area contributed by atoms with Gasteiger partial charge >= 0.3 is 5.97 Å². The third-order valence-corrected chi connectivity index (χ3v) is 3.22. The van der Waals surface area contributed by atoms with Crippen molar-refractivity contribution in [2.45, 2.75) is 53.1 Å². The molecule has 0 aliphatic carbocycles. The molecule has 2 nitrogen and oxygen atoms in total. The number of hydrogen-bond acceptors (Lipinski definition) is 2. The number of esters is 1. The molecule has 0 N–H and O–H groups in total. The van der Waals surface area contributed by atoms with Crippen LogP contribution in [0.4, 0.5) is 0 Å². The van der Waals surface area contributed by atoms with Gasteiger partial charge in [-0.1, -0.05) is 58.9 Å². The number of rotatable bonds is 4. The molecular weight excluding hydrogens is 224 g/mol. The van der Waals surface area contributed by atoms with Crippen LogP contribution in [0.3, 0.4) is 0 Å². The van der Waals surface area contributed by atoms with E-state index in [4.69, 9.17) is 4.74 Å². The van der Waals surface area contributed by atoms with Gasteiger partial charge in [-0.15, -0.1) is 0 Å². The van der Waals surface area contributed by atoms with Gasteiger partial charge in [0.1, 0.15) is 6.61 Å². The first-order chi connectivity index (χ1) is 8.34. The molecule has 0 saturated heterocycles. The van der Waals surface area contributed by atoms with Crippen LogP contribution in [0.25, 0.3) is 0 Å². The topological polar surface area (TPSA) is 26.3 Å². The van der Waals surface area contributed by atoms with Crippen molar-refractivity contribution < 1.29 is 9.53 Å². The summed E-state index contributed by atoms with van der Waals surface area (Å²) in [4.78, 5) is 11.6. The van der Waals surface area contributed by atoms with Crippen LogP contribution in [0.2, 0.25) is 0 Å². The molecular formula is C16H24O2. The summed E-state index contributed by atoms with van der Waals surface area (Å²) in [5.74, 6) is -0.128. The average Bonchev–Trinajstić information content (AvgIpc) is 2.34. The second kappa shape index (κ2) is 6.03. The van der Waals surface area contributed by atoms with Crippen LogP contribution >= 0.6 is 0 Å². The largest absolute Gasteiger partial charge is 0.461 e. The van der Waals surface area contributed by atoms with Crippen molar-refractivity contribution in [1.29, 1.82) is 0 Å². The summed E-state index contributed by atoms with van der Waals surface area (Å²) in [7, 11) is 0. The predicted octanol–water partition coefficient (Wildman–Crippen LogP) is 4.07. The van der Waals surface area contributed by atoms with Crippen LogP contribution < -0.4 is 0 Å². The highest BCUT2D eigenvalue weighted by molar-refractivity contribution is 5.71. The zero-order valence-electron chi connectivity index (χ0n) is 12.1. The Hall–Kier alpha value is -1.31. The predicted molar refractivity (Wildman–Crippen MR) is 74.4 cm³/mol. The minimum Gasteiger partial charge on any atom is -0.461 e. The summed E-state index contributed by atoms with van der Waals surface area (Å²) >= 11 is 0. The first kappa shape index (κ1) is 14.7. The third-order valence-electron chi connectivity index (χ3n) is 3.22. The molecule has 1 aromatic carbocycles. The van der Waals surface area contributed by atoms with Gasteiger partial charge in [-0.3, -0.25) is 4.79 Å². The zero-order chi connectivity index (χ0) is 13.8. The van der Waals surface area contributed by atoms with Crippen molar-refractivity contribution in [3.8, 4) is 0 Å². The number of carbonyl (C=O) groups excluding carboxylic acids is 1. The molecule has 0 aliphatic heterocycles. The van der Waals surface area contributed by atoms with E-state index in [1.54, 1.807) is 0 Å². The fourth-order valence-electron chi connectivity index (χ4n) is 1.56. The highest BCUT2D eigenvalue weighted by Gasteiger charge is 2.14. The van der Waals surface area contributed by atoms with Crippen LogP contribution in [0.5, 0.6) is 0 Å². The smallest absolute Gasteiger partial charge is 0.308 e. The van der Waals surface area contributed by atoms with Gasteiger partial charge in [-0.05, 0) is 23.0 Å². The first-order valence-corrected chi connectivity index (χ1v) is 6.60. The standard InChI is InChI=1S/C16H24O2/c1-6-12(2)15(17)18-11-13-7-9-14(10-8-13)16(3,4)5/h7-10,12H,6,11H2,1-5H3. The van der Waals surface area contributed by atoms with Crippen LogP contribution in [0.15, 0.2) is 24.3 Å². The molecule has 0 aliphatic rings. The molecule has 1 unspecified atom stereocenters. The van der Waals surface area contributed by atoms with Crippen molar-refractivity contribution in [3.05, 3.63) is 35.4 Å². The molecule has 0 fully saturated rings. The van der Waals surface area contributed by atoms with Crippen molar-refractivity contribution >= 4 is 5.97 Å². The van der Waals surface area contributed by atoms with Gasteiger partial charge in [0.05, 0.1) is 5.92 Å². The monoisotopic (exact) mass is 248 g/mol. The van der Waals surface area contributed by atoms with E-state index < -0.39 is 0 Å². The Balaban J connectivity index is 2.57. The summed E-state index contributed by atoms with van der Waals surface area (Å²) < 4.78 is 5.27. The van der Waals surface area contributed by atoms with Crippen LogP contribution in [0.1, 0.15) is 52.2 Å². The lowest BCUT2D eigenvalue weighted by Gasteiger charge is -2.19. The molecule has 0 bridgehead atoms. The molecule has 18 heavy (non-hydrogen) atoms. The molecule has 1 rings (SSSR count). The van der Waals surface area contributed by atoms with Crippen molar-refractivity contribution in [2.24, 2.45) is 5.92 Å². The fourth-order valence-corrected chi connectivity index (χ4v) is 1.56. The maximum Gasteiger partial charge on any atom is 0.308 e. The van der Waals surface area contributed by atoms with Gasteiger partial charge < -0.3 is 4.74 Å². The van der Waals surface area contributed by atoms with Crippen LogP contribution in [0, 0.1) is 5.92 Å². The minimum atomic E-state index is -0.114. The zero-order valence-corrected chi connectivity index (χ0v) is 12.1. The average molecular weight is 248 g/mol. The van der Waals surface area contributed by atoms with E-state index in [1.807, 2.05) is 26.0 Å². The normalized spacial score (nSPS) is 13.2. The van der Waals surface area contributed by atoms with Gasteiger partial charge in [0.2, 0.25) is 0 Å². The number of ether oxygens (including phenoxy) is 1. The second-order valence-electron chi connectivity index (χ2n) is 5.86. The molecule has 0 amide bonds. The van der Waals surface area contributed by atoms with Gasteiger partial charge in [-0.2, -0.15) is 0 Å². The van der Waals surface area contributed by atoms with Gasteiger partial charge in [0, 0.05) is 0 Å². The number of hydrogen-bond donors (Lipinski definition) is 0. The molecule has 0 radical (unpaired) electrons. The molecule has 0 aromatic heterocycles. The Morgan fingerprint density at radius 3 is 2.22 bits per heavy atom. The molecule has 2 heteroatoms. The maximum atomic E-state index is 11.6. The quantitative estimate of drug-likeness (QED) is 0.751. The van der Waals surface area contributed by atoms with E-state index in [9.17, 15) is 4.79 Å².